The number of aromatic nitrogens is 2. The topological polar surface area (TPSA) is 51.8 Å². The second-order valence-corrected chi connectivity index (χ2v) is 7.33. The number of hydrogen-bond acceptors (Lipinski definition) is 4. The van der Waals surface area contributed by atoms with E-state index in [4.69, 9.17) is 5.73 Å². The molecule has 2 aromatic heterocycles. The lowest BCUT2D eigenvalue weighted by molar-refractivity contribution is 0.218. The van der Waals surface area contributed by atoms with Gasteiger partial charge in [-0.25, -0.2) is 9.97 Å². The van der Waals surface area contributed by atoms with Crippen LogP contribution in [0.25, 0.3) is 10.2 Å². The second kappa shape index (κ2) is 3.92. The summed E-state index contributed by atoms with van der Waals surface area (Å²) in [7, 11) is 0. The summed E-state index contributed by atoms with van der Waals surface area (Å²) in [5, 5.41) is 1.12. The van der Waals surface area contributed by atoms with Gasteiger partial charge in [-0.1, -0.05) is 20.8 Å². The van der Waals surface area contributed by atoms with Gasteiger partial charge in [-0.3, -0.25) is 0 Å². The van der Waals surface area contributed by atoms with Crippen LogP contribution in [0.5, 0.6) is 0 Å². The highest BCUT2D eigenvalue weighted by Crippen LogP contribution is 2.43. The van der Waals surface area contributed by atoms with Crippen molar-refractivity contribution in [1.29, 1.82) is 0 Å². The van der Waals surface area contributed by atoms with Crippen LogP contribution in [0.2, 0.25) is 0 Å². The molecule has 0 spiro atoms. The summed E-state index contributed by atoms with van der Waals surface area (Å²) >= 11 is 1.80. The highest BCUT2D eigenvalue weighted by Gasteiger charge is 2.31. The largest absolute Gasteiger partial charge is 0.383 e. The molecule has 3 nitrogen and oxygen atoms in total. The highest BCUT2D eigenvalue weighted by atomic mass is 32.1. The van der Waals surface area contributed by atoms with Crippen LogP contribution < -0.4 is 5.73 Å². The number of thiophene rings is 1. The molecule has 18 heavy (non-hydrogen) atoms. The van der Waals surface area contributed by atoms with Gasteiger partial charge in [-0.15, -0.1) is 11.3 Å². The third-order valence-electron chi connectivity index (χ3n) is 4.10. The van der Waals surface area contributed by atoms with Gasteiger partial charge in [0, 0.05) is 4.88 Å². The normalized spacial score (nSPS) is 20.1. The maximum Gasteiger partial charge on any atom is 0.135 e. The minimum Gasteiger partial charge on any atom is -0.383 e. The van der Waals surface area contributed by atoms with Gasteiger partial charge in [0.25, 0.3) is 0 Å². The molecule has 2 aromatic rings. The monoisotopic (exact) mass is 261 g/mol. The molecule has 1 aliphatic rings. The van der Waals surface area contributed by atoms with E-state index >= 15 is 0 Å². The Hall–Kier alpha value is -1.16. The van der Waals surface area contributed by atoms with Gasteiger partial charge in [0.05, 0.1) is 5.39 Å². The fraction of sp³-hybridized carbons (Fsp3) is 0.571. The van der Waals surface area contributed by atoms with Crippen LogP contribution in [0.15, 0.2) is 6.33 Å². The molecule has 0 amide bonds. The van der Waals surface area contributed by atoms with E-state index in [0.29, 0.717) is 11.2 Å². The Bertz CT molecular complexity index is 595. The highest BCUT2D eigenvalue weighted by molar-refractivity contribution is 7.19. The van der Waals surface area contributed by atoms with Gasteiger partial charge < -0.3 is 5.73 Å². The first-order chi connectivity index (χ1) is 8.47. The van der Waals surface area contributed by atoms with Crippen molar-refractivity contribution in [2.45, 2.75) is 40.0 Å². The van der Waals surface area contributed by atoms with Crippen molar-refractivity contribution >= 4 is 27.4 Å². The summed E-state index contributed by atoms with van der Waals surface area (Å²) in [6.07, 6.45) is 5.10. The van der Waals surface area contributed by atoms with Crippen LogP contribution in [0.4, 0.5) is 5.82 Å². The number of nitrogens with zero attached hydrogens (tertiary/aromatic N) is 2. The number of nitrogens with two attached hydrogens (primary N) is 1. The Kier molecular flexibility index (Phi) is 2.59. The molecule has 0 unspecified atom stereocenters. The minimum absolute atomic E-state index is 0.380. The third kappa shape index (κ3) is 1.79. The van der Waals surface area contributed by atoms with Gasteiger partial charge in [0.15, 0.2) is 0 Å². The van der Waals surface area contributed by atoms with E-state index in [-0.39, 0.29) is 0 Å². The molecule has 2 heterocycles. The lowest BCUT2D eigenvalue weighted by Crippen LogP contribution is -2.26. The van der Waals surface area contributed by atoms with Crippen LogP contribution >= 0.6 is 11.3 Å². The average Bonchev–Trinajstić information content (AvgIpc) is 2.66. The van der Waals surface area contributed by atoms with E-state index in [1.165, 1.54) is 23.3 Å². The SMILES string of the molecule is CC(C)(C)[C@@H]1CCc2c(sc3ncnc(N)c23)C1. The number of anilines is 1. The quantitative estimate of drug-likeness (QED) is 0.790. The zero-order valence-corrected chi connectivity index (χ0v) is 12.0. The number of rotatable bonds is 0. The number of nitrogen functional groups attached to an aromatic ring is 1. The molecular weight excluding hydrogens is 242 g/mol. The first-order valence-corrected chi connectivity index (χ1v) is 7.29. The van der Waals surface area contributed by atoms with Crippen LogP contribution in [-0.2, 0) is 12.8 Å². The number of fused-ring (bicyclic) bond motifs is 3. The Morgan fingerprint density at radius 1 is 1.33 bits per heavy atom. The summed E-state index contributed by atoms with van der Waals surface area (Å²) in [6, 6.07) is 0. The maximum absolute atomic E-state index is 6.00. The van der Waals surface area contributed by atoms with Gasteiger partial charge in [0.1, 0.15) is 17.0 Å². The molecule has 0 aromatic carbocycles. The summed E-state index contributed by atoms with van der Waals surface area (Å²) in [6.45, 7) is 7.01. The molecule has 0 bridgehead atoms. The van der Waals surface area contributed by atoms with Gasteiger partial charge in [-0.2, -0.15) is 0 Å². The molecule has 1 aliphatic carbocycles. The second-order valence-electron chi connectivity index (χ2n) is 6.25. The zero-order chi connectivity index (χ0) is 12.9. The lowest BCUT2D eigenvalue weighted by Gasteiger charge is -2.33. The van der Waals surface area contributed by atoms with Crippen molar-refractivity contribution in [3.05, 3.63) is 16.8 Å². The molecular formula is C14H19N3S. The van der Waals surface area contributed by atoms with Gasteiger partial charge in [0.2, 0.25) is 0 Å². The molecule has 3 rings (SSSR count). The molecule has 2 N–H and O–H groups in total. The van der Waals surface area contributed by atoms with Crippen molar-refractivity contribution in [2.75, 3.05) is 5.73 Å². The number of aryl methyl sites for hydroxylation is 1. The van der Waals surface area contributed by atoms with E-state index in [2.05, 4.69) is 30.7 Å². The molecule has 0 fully saturated rings. The van der Waals surface area contributed by atoms with Crippen molar-refractivity contribution in [3.8, 4) is 0 Å². The Balaban J connectivity index is 2.08. The van der Waals surface area contributed by atoms with Crippen LogP contribution in [0, 0.1) is 11.3 Å². The average molecular weight is 261 g/mol. The predicted molar refractivity (Wildman–Crippen MR) is 76.8 cm³/mol. The minimum atomic E-state index is 0.380. The predicted octanol–water partition coefficient (Wildman–Crippen LogP) is 3.42. The Morgan fingerprint density at radius 3 is 2.83 bits per heavy atom. The molecule has 4 heteroatoms. The fourth-order valence-corrected chi connectivity index (χ4v) is 4.15. The summed E-state index contributed by atoms with van der Waals surface area (Å²) in [5.41, 5.74) is 7.79. The Morgan fingerprint density at radius 2 is 2.11 bits per heavy atom. The smallest absolute Gasteiger partial charge is 0.135 e. The van der Waals surface area contributed by atoms with Crippen molar-refractivity contribution in [3.63, 3.8) is 0 Å². The van der Waals surface area contributed by atoms with Crippen LogP contribution in [0.3, 0.4) is 0 Å². The first-order valence-electron chi connectivity index (χ1n) is 6.47. The number of hydrogen-bond donors (Lipinski definition) is 1. The molecule has 1 atom stereocenters. The summed E-state index contributed by atoms with van der Waals surface area (Å²) < 4.78 is 0. The van der Waals surface area contributed by atoms with Crippen LogP contribution in [0.1, 0.15) is 37.6 Å². The maximum atomic E-state index is 6.00. The summed E-state index contributed by atoms with van der Waals surface area (Å²) in [5.74, 6) is 1.40. The zero-order valence-electron chi connectivity index (χ0n) is 11.2. The van der Waals surface area contributed by atoms with Crippen molar-refractivity contribution in [2.24, 2.45) is 11.3 Å². The fourth-order valence-electron chi connectivity index (χ4n) is 2.87. The van der Waals surface area contributed by atoms with E-state index in [1.54, 1.807) is 17.7 Å². The summed E-state index contributed by atoms with van der Waals surface area (Å²) in [4.78, 5) is 11.0. The third-order valence-corrected chi connectivity index (χ3v) is 5.26. The Labute approximate surface area is 111 Å². The molecule has 0 saturated carbocycles. The van der Waals surface area contributed by atoms with E-state index in [0.717, 1.165) is 22.6 Å². The van der Waals surface area contributed by atoms with E-state index in [9.17, 15) is 0 Å². The van der Waals surface area contributed by atoms with Gasteiger partial charge >= 0.3 is 0 Å². The van der Waals surface area contributed by atoms with Crippen LogP contribution in [-0.4, -0.2) is 9.97 Å². The first kappa shape index (κ1) is 11.9. The standard InChI is InChI=1S/C14H19N3S/c1-14(2,3)8-4-5-9-10(6-8)18-13-11(9)12(15)16-7-17-13/h7-8H,4-6H2,1-3H3,(H2,15,16,17)/t8-/m1/s1. The van der Waals surface area contributed by atoms with E-state index in [1.807, 2.05) is 0 Å². The van der Waals surface area contributed by atoms with Gasteiger partial charge in [-0.05, 0) is 36.2 Å². The lowest BCUT2D eigenvalue weighted by atomic mass is 9.72. The molecule has 96 valence electrons. The van der Waals surface area contributed by atoms with Crippen molar-refractivity contribution < 1.29 is 0 Å². The molecule has 0 aliphatic heterocycles. The van der Waals surface area contributed by atoms with Crippen molar-refractivity contribution in [1.82, 2.24) is 9.97 Å². The molecule has 0 radical (unpaired) electrons. The molecule has 0 saturated heterocycles. The van der Waals surface area contributed by atoms with E-state index < -0.39 is 0 Å².